The maximum atomic E-state index is 12.1. The van der Waals surface area contributed by atoms with Crippen LogP contribution in [0, 0.1) is 5.92 Å². The van der Waals surface area contributed by atoms with E-state index in [0.29, 0.717) is 5.82 Å². The average Bonchev–Trinajstić information content (AvgIpc) is 3.06. The summed E-state index contributed by atoms with van der Waals surface area (Å²) in [5, 5.41) is 11.6. The Labute approximate surface area is 139 Å². The van der Waals surface area contributed by atoms with Gasteiger partial charge in [0, 0.05) is 30.8 Å². The van der Waals surface area contributed by atoms with E-state index in [2.05, 4.69) is 15.5 Å². The molecule has 0 bridgehead atoms. The molecule has 3 aromatic heterocycles. The Morgan fingerprint density at radius 3 is 2.92 bits per heavy atom. The van der Waals surface area contributed by atoms with Gasteiger partial charge in [-0.25, -0.2) is 4.52 Å². The standard InChI is InChI=1S/C17H19N5O2/c1-21-16(14(24-2)10-18-21)12-6-7-22-13(8-12)9-15(20-22)19-17(23)11-4-3-5-11/h6-11H,3-5H2,1-2H3,(H,19,20,23). The van der Waals surface area contributed by atoms with Gasteiger partial charge in [-0.3, -0.25) is 9.48 Å². The summed E-state index contributed by atoms with van der Waals surface area (Å²) in [4.78, 5) is 12.1. The number of carbonyl (C=O) groups is 1. The first-order valence-electron chi connectivity index (χ1n) is 8.02. The summed E-state index contributed by atoms with van der Waals surface area (Å²) in [6.45, 7) is 0. The van der Waals surface area contributed by atoms with Gasteiger partial charge in [0.1, 0.15) is 5.69 Å². The molecule has 3 aromatic rings. The number of hydrogen-bond donors (Lipinski definition) is 1. The van der Waals surface area contributed by atoms with Crippen LogP contribution in [-0.2, 0) is 11.8 Å². The van der Waals surface area contributed by atoms with E-state index in [4.69, 9.17) is 4.74 Å². The fourth-order valence-corrected chi connectivity index (χ4v) is 3.00. The maximum Gasteiger partial charge on any atom is 0.228 e. The van der Waals surface area contributed by atoms with Gasteiger partial charge in [-0.15, -0.1) is 0 Å². The third kappa shape index (κ3) is 2.42. The molecule has 1 fully saturated rings. The maximum absolute atomic E-state index is 12.1. The van der Waals surface area contributed by atoms with Crippen LogP contribution in [0.25, 0.3) is 16.8 Å². The third-order valence-corrected chi connectivity index (χ3v) is 4.59. The number of hydrogen-bond acceptors (Lipinski definition) is 4. The molecule has 3 heterocycles. The Bertz CT molecular complexity index is 907. The first-order chi connectivity index (χ1) is 11.7. The van der Waals surface area contributed by atoms with Crippen molar-refractivity contribution in [1.29, 1.82) is 0 Å². The number of fused-ring (bicyclic) bond motifs is 1. The van der Waals surface area contributed by atoms with Gasteiger partial charge in [0.25, 0.3) is 0 Å². The molecule has 1 amide bonds. The molecule has 1 N–H and O–H groups in total. The first kappa shape index (κ1) is 14.7. The Morgan fingerprint density at radius 2 is 2.21 bits per heavy atom. The summed E-state index contributed by atoms with van der Waals surface area (Å²) < 4.78 is 8.90. The molecule has 1 saturated carbocycles. The lowest BCUT2D eigenvalue weighted by molar-refractivity contribution is -0.122. The van der Waals surface area contributed by atoms with Crippen molar-refractivity contribution in [2.45, 2.75) is 19.3 Å². The zero-order valence-electron chi connectivity index (χ0n) is 13.7. The number of pyridine rings is 1. The Hall–Kier alpha value is -2.83. The number of amides is 1. The Morgan fingerprint density at radius 1 is 1.38 bits per heavy atom. The first-order valence-corrected chi connectivity index (χ1v) is 8.02. The van der Waals surface area contributed by atoms with Gasteiger partial charge in [0.2, 0.25) is 5.91 Å². The number of aromatic nitrogens is 4. The molecule has 124 valence electrons. The van der Waals surface area contributed by atoms with E-state index >= 15 is 0 Å². The smallest absolute Gasteiger partial charge is 0.228 e. The molecule has 0 aliphatic heterocycles. The number of carbonyl (C=O) groups excluding carboxylic acids is 1. The van der Waals surface area contributed by atoms with Crippen LogP contribution in [0.3, 0.4) is 0 Å². The topological polar surface area (TPSA) is 73.5 Å². The van der Waals surface area contributed by atoms with Crippen molar-refractivity contribution in [3.05, 3.63) is 30.6 Å². The van der Waals surface area contributed by atoms with Gasteiger partial charge < -0.3 is 10.1 Å². The van der Waals surface area contributed by atoms with Gasteiger partial charge in [-0.05, 0) is 25.0 Å². The largest absolute Gasteiger partial charge is 0.493 e. The van der Waals surface area contributed by atoms with Crippen LogP contribution in [0.1, 0.15) is 19.3 Å². The fourth-order valence-electron chi connectivity index (χ4n) is 3.00. The molecular formula is C17H19N5O2. The third-order valence-electron chi connectivity index (χ3n) is 4.59. The second-order valence-electron chi connectivity index (χ2n) is 6.12. The zero-order valence-corrected chi connectivity index (χ0v) is 13.7. The van der Waals surface area contributed by atoms with E-state index in [1.165, 1.54) is 0 Å². The van der Waals surface area contributed by atoms with Crippen LogP contribution in [0.5, 0.6) is 5.75 Å². The minimum Gasteiger partial charge on any atom is -0.493 e. The van der Waals surface area contributed by atoms with Gasteiger partial charge >= 0.3 is 0 Å². The normalized spacial score (nSPS) is 14.6. The summed E-state index contributed by atoms with van der Waals surface area (Å²) >= 11 is 0. The van der Waals surface area contributed by atoms with E-state index in [9.17, 15) is 4.79 Å². The van der Waals surface area contributed by atoms with Gasteiger partial charge in [0.15, 0.2) is 11.6 Å². The summed E-state index contributed by atoms with van der Waals surface area (Å²) in [6.07, 6.45) is 6.66. The lowest BCUT2D eigenvalue weighted by Crippen LogP contribution is -2.28. The number of nitrogens with zero attached hydrogens (tertiary/aromatic N) is 4. The summed E-state index contributed by atoms with van der Waals surface area (Å²) in [6, 6.07) is 5.84. The predicted molar refractivity (Wildman–Crippen MR) is 89.9 cm³/mol. The highest BCUT2D eigenvalue weighted by Gasteiger charge is 2.25. The van der Waals surface area contributed by atoms with Crippen molar-refractivity contribution < 1.29 is 9.53 Å². The van der Waals surface area contributed by atoms with E-state index in [0.717, 1.165) is 41.8 Å². The monoisotopic (exact) mass is 325 g/mol. The molecule has 7 heteroatoms. The molecule has 0 atom stereocenters. The van der Waals surface area contributed by atoms with Crippen LogP contribution in [-0.4, -0.2) is 32.4 Å². The van der Waals surface area contributed by atoms with Crippen molar-refractivity contribution in [2.24, 2.45) is 13.0 Å². The predicted octanol–water partition coefficient (Wildman–Crippen LogP) is 2.48. The SMILES string of the molecule is COc1cnn(C)c1-c1ccn2nc(NC(=O)C3CCC3)cc2c1. The van der Waals surface area contributed by atoms with E-state index < -0.39 is 0 Å². The second kappa shape index (κ2) is 5.67. The number of aryl methyl sites for hydroxylation is 1. The van der Waals surface area contributed by atoms with Crippen LogP contribution in [0.4, 0.5) is 5.82 Å². The molecule has 0 saturated heterocycles. The zero-order chi connectivity index (χ0) is 16.7. The number of ether oxygens (including phenoxy) is 1. The number of nitrogens with one attached hydrogen (secondary N) is 1. The Kier molecular flexibility index (Phi) is 3.48. The fraction of sp³-hybridized carbons (Fsp3) is 0.353. The van der Waals surface area contributed by atoms with E-state index in [1.54, 1.807) is 22.5 Å². The van der Waals surface area contributed by atoms with E-state index in [1.807, 2.05) is 31.4 Å². The van der Waals surface area contributed by atoms with Crippen LogP contribution >= 0.6 is 0 Å². The summed E-state index contributed by atoms with van der Waals surface area (Å²) in [7, 11) is 3.51. The molecule has 7 nitrogen and oxygen atoms in total. The molecule has 0 spiro atoms. The van der Waals surface area contributed by atoms with Gasteiger partial charge in [-0.2, -0.15) is 10.2 Å². The van der Waals surface area contributed by atoms with Crippen molar-refractivity contribution >= 4 is 17.2 Å². The molecule has 0 unspecified atom stereocenters. The lowest BCUT2D eigenvalue weighted by Gasteiger charge is -2.23. The molecule has 0 aromatic carbocycles. The van der Waals surface area contributed by atoms with Crippen LogP contribution in [0.15, 0.2) is 30.6 Å². The van der Waals surface area contributed by atoms with Crippen molar-refractivity contribution in [3.8, 4) is 17.0 Å². The molecule has 24 heavy (non-hydrogen) atoms. The number of anilines is 1. The molecular weight excluding hydrogens is 306 g/mol. The van der Waals surface area contributed by atoms with Crippen molar-refractivity contribution in [3.63, 3.8) is 0 Å². The molecule has 1 aliphatic rings. The highest BCUT2D eigenvalue weighted by molar-refractivity contribution is 5.92. The average molecular weight is 325 g/mol. The van der Waals surface area contributed by atoms with E-state index in [-0.39, 0.29) is 11.8 Å². The highest BCUT2D eigenvalue weighted by atomic mass is 16.5. The minimum atomic E-state index is 0.0678. The molecule has 0 radical (unpaired) electrons. The number of methoxy groups -OCH3 is 1. The van der Waals surface area contributed by atoms with Gasteiger partial charge in [0.05, 0.1) is 18.8 Å². The summed E-state index contributed by atoms with van der Waals surface area (Å²) in [5.74, 6) is 1.52. The van der Waals surface area contributed by atoms with Crippen LogP contribution < -0.4 is 10.1 Å². The molecule has 1 aliphatic carbocycles. The second-order valence-corrected chi connectivity index (χ2v) is 6.12. The quantitative estimate of drug-likeness (QED) is 0.800. The Balaban J connectivity index is 1.65. The lowest BCUT2D eigenvalue weighted by atomic mass is 9.85. The highest BCUT2D eigenvalue weighted by Crippen LogP contribution is 2.31. The minimum absolute atomic E-state index is 0.0678. The van der Waals surface area contributed by atoms with Crippen molar-refractivity contribution in [1.82, 2.24) is 19.4 Å². The molecule has 4 rings (SSSR count). The van der Waals surface area contributed by atoms with Gasteiger partial charge in [-0.1, -0.05) is 6.42 Å². The summed E-state index contributed by atoms with van der Waals surface area (Å²) in [5.41, 5.74) is 2.79. The number of rotatable bonds is 4. The van der Waals surface area contributed by atoms with Crippen molar-refractivity contribution in [2.75, 3.05) is 12.4 Å². The van der Waals surface area contributed by atoms with Crippen LogP contribution in [0.2, 0.25) is 0 Å².